The van der Waals surface area contributed by atoms with Crippen molar-refractivity contribution < 1.29 is 50.5 Å². The summed E-state index contributed by atoms with van der Waals surface area (Å²) < 4.78 is 159. The van der Waals surface area contributed by atoms with Crippen molar-refractivity contribution >= 4 is 59.0 Å². The molecule has 0 atom stereocenters. The average molecular weight is 631 g/mol. The molecule has 18 heteroatoms. The molecule has 0 unspecified atom stereocenters. The van der Waals surface area contributed by atoms with Gasteiger partial charge in [0.2, 0.25) is 0 Å². The predicted octanol–water partition coefficient (Wildman–Crippen LogP) is 0.448. The topological polar surface area (TPSA) is 205 Å². The van der Waals surface area contributed by atoms with Crippen molar-refractivity contribution in [2.24, 2.45) is 0 Å². The molecule has 1 rings (SSSR count). The fraction of sp³-hybridized carbons (Fsp3) is 0.667. The van der Waals surface area contributed by atoms with Gasteiger partial charge in [-0.05, 0) is 0 Å². The van der Waals surface area contributed by atoms with Gasteiger partial charge in [-0.3, -0.25) is 0 Å². The maximum absolute atomic E-state index is 13.3. The molecule has 0 spiro atoms. The van der Waals surface area contributed by atoms with Gasteiger partial charge in [0, 0.05) is 0 Å². The Morgan fingerprint density at radius 2 is 0.361 bits per heavy atom. The number of hydrogen-bond donors (Lipinski definition) is 0. The maximum atomic E-state index is 13.3. The van der Waals surface area contributed by atoms with Gasteiger partial charge in [0.05, 0.1) is 34.5 Å². The van der Waals surface area contributed by atoms with Crippen LogP contribution in [0.4, 0.5) is 0 Å². The van der Waals surface area contributed by atoms with Crippen LogP contribution in [0, 0.1) is 0 Å². The summed E-state index contributed by atoms with van der Waals surface area (Å²) in [6, 6.07) is 0. The molecule has 0 heterocycles. The second-order valence-electron chi connectivity index (χ2n) is 7.40. The molecule has 0 radical (unpaired) electrons. The third kappa shape index (κ3) is 5.67. The third-order valence-corrected chi connectivity index (χ3v) is 16.9. The van der Waals surface area contributed by atoms with Gasteiger partial charge in [0.1, 0.15) is 29.4 Å². The molecule has 0 N–H and O–H groups in total. The van der Waals surface area contributed by atoms with E-state index in [1.54, 1.807) is 0 Å². The number of sulfone groups is 6. The molecule has 0 fully saturated rings. The molecule has 1 aromatic rings. The van der Waals surface area contributed by atoms with E-state index in [-0.39, 0.29) is 0 Å². The van der Waals surface area contributed by atoms with Gasteiger partial charge in [0.15, 0.2) is 59.0 Å². The van der Waals surface area contributed by atoms with E-state index < -0.39 is 123 Å². The number of benzene rings is 1. The van der Waals surface area contributed by atoms with Gasteiger partial charge in [0.25, 0.3) is 0 Å². The monoisotopic (exact) mass is 630 g/mol. The second kappa shape index (κ2) is 10.6. The molecule has 0 saturated carbocycles. The summed E-state index contributed by atoms with van der Waals surface area (Å²) in [4.78, 5) is -9.23. The molecule has 12 nitrogen and oxygen atoms in total. The number of rotatable bonds is 12. The summed E-state index contributed by atoms with van der Waals surface area (Å²) in [5.74, 6) is -5.65. The zero-order valence-corrected chi connectivity index (χ0v) is 25.5. The van der Waals surface area contributed by atoms with Crippen LogP contribution >= 0.6 is 0 Å². The molecule has 36 heavy (non-hydrogen) atoms. The first-order valence-electron chi connectivity index (χ1n) is 10.7. The minimum atomic E-state index is -4.98. The largest absolute Gasteiger partial charge is 0.224 e. The highest BCUT2D eigenvalue weighted by Gasteiger charge is 2.47. The maximum Gasteiger partial charge on any atom is 0.180 e. The first-order valence-corrected chi connectivity index (χ1v) is 20.6. The summed E-state index contributed by atoms with van der Waals surface area (Å²) in [7, 11) is -29.9. The van der Waals surface area contributed by atoms with Crippen LogP contribution in [0.5, 0.6) is 0 Å². The minimum Gasteiger partial charge on any atom is -0.224 e. The lowest BCUT2D eigenvalue weighted by Gasteiger charge is -2.24. The molecule has 210 valence electrons. The first kappa shape index (κ1) is 32.9. The van der Waals surface area contributed by atoms with E-state index in [9.17, 15) is 50.5 Å². The Balaban J connectivity index is 5.48. The predicted molar refractivity (Wildman–Crippen MR) is 133 cm³/mol. The van der Waals surface area contributed by atoms with Crippen LogP contribution in [0.2, 0.25) is 0 Å². The summed E-state index contributed by atoms with van der Waals surface area (Å²) in [6.45, 7) is 6.08. The van der Waals surface area contributed by atoms with Crippen molar-refractivity contribution in [3.63, 3.8) is 0 Å². The fourth-order valence-corrected chi connectivity index (χ4v) is 14.5. The van der Waals surface area contributed by atoms with E-state index in [4.69, 9.17) is 0 Å². The smallest absolute Gasteiger partial charge is 0.180 e. The molecule has 0 aliphatic carbocycles. The van der Waals surface area contributed by atoms with Crippen LogP contribution in [0.15, 0.2) is 29.4 Å². The standard InChI is InChI=1S/C18H30O12S6/c1-7-31(19,20)13-14(32(21,22)8-2)16(34(25,26)10-4)18(36(29,30)12-6)17(35(27,28)11-5)15(13)33(23,24)9-3/h7-12H2,1-6H3. The highest BCUT2D eigenvalue weighted by Crippen LogP contribution is 2.46. The molecular formula is C18H30O12S6. The van der Waals surface area contributed by atoms with Crippen molar-refractivity contribution in [2.45, 2.75) is 70.9 Å². The Labute approximate surface area is 214 Å². The second-order valence-corrected chi connectivity index (χ2v) is 20.7. The van der Waals surface area contributed by atoms with Crippen molar-refractivity contribution in [1.29, 1.82) is 0 Å². The molecular weight excluding hydrogens is 601 g/mol. The molecule has 0 saturated heterocycles. The van der Waals surface area contributed by atoms with Crippen molar-refractivity contribution in [2.75, 3.05) is 34.5 Å². The summed E-state index contributed by atoms with van der Waals surface area (Å²) >= 11 is 0. The van der Waals surface area contributed by atoms with Crippen LogP contribution in [-0.2, 0) is 59.0 Å². The van der Waals surface area contributed by atoms with Gasteiger partial charge in [-0.2, -0.15) is 0 Å². The van der Waals surface area contributed by atoms with E-state index in [2.05, 4.69) is 0 Å². The van der Waals surface area contributed by atoms with Crippen LogP contribution in [0.25, 0.3) is 0 Å². The van der Waals surface area contributed by atoms with Gasteiger partial charge < -0.3 is 0 Å². The minimum absolute atomic E-state index is 0.942. The van der Waals surface area contributed by atoms with E-state index >= 15 is 0 Å². The van der Waals surface area contributed by atoms with Gasteiger partial charge in [-0.1, -0.05) is 41.5 Å². The Kier molecular flexibility index (Phi) is 9.69. The summed E-state index contributed by atoms with van der Waals surface area (Å²) in [6.07, 6.45) is 0. The molecule has 0 aromatic heterocycles. The lowest BCUT2D eigenvalue weighted by Crippen LogP contribution is -2.29. The lowest BCUT2D eigenvalue weighted by molar-refractivity contribution is 0.541. The Hall–Kier alpha value is -1.08. The van der Waals surface area contributed by atoms with Gasteiger partial charge in [-0.15, -0.1) is 0 Å². The SMILES string of the molecule is CCS(=O)(=O)c1c(S(=O)(=O)CC)c(S(=O)(=O)CC)c(S(=O)(=O)CC)c(S(=O)(=O)CC)c1S(=O)(=O)CC. The quantitative estimate of drug-likeness (QED) is 0.309. The highest BCUT2D eigenvalue weighted by molar-refractivity contribution is 7.99. The molecule has 0 bridgehead atoms. The van der Waals surface area contributed by atoms with Crippen molar-refractivity contribution in [3.8, 4) is 0 Å². The lowest BCUT2D eigenvalue weighted by atomic mass is 10.3. The molecule has 0 aliphatic heterocycles. The third-order valence-electron chi connectivity index (χ3n) is 5.38. The first-order chi connectivity index (χ1) is 16.1. The average Bonchev–Trinajstić information content (AvgIpc) is 2.81. The van der Waals surface area contributed by atoms with Crippen LogP contribution in [0.3, 0.4) is 0 Å². The van der Waals surface area contributed by atoms with E-state index in [1.807, 2.05) is 0 Å². The fourth-order valence-electron chi connectivity index (χ4n) is 3.18. The zero-order valence-electron chi connectivity index (χ0n) is 20.6. The Morgan fingerprint density at radius 1 is 0.278 bits per heavy atom. The van der Waals surface area contributed by atoms with Crippen molar-refractivity contribution in [1.82, 2.24) is 0 Å². The molecule has 0 amide bonds. The van der Waals surface area contributed by atoms with E-state index in [0.717, 1.165) is 41.5 Å². The van der Waals surface area contributed by atoms with Gasteiger partial charge >= 0.3 is 0 Å². The van der Waals surface area contributed by atoms with E-state index in [0.29, 0.717) is 0 Å². The summed E-state index contributed by atoms with van der Waals surface area (Å²) in [5.41, 5.74) is 0. The zero-order chi connectivity index (χ0) is 28.7. The van der Waals surface area contributed by atoms with Gasteiger partial charge in [-0.25, -0.2) is 50.5 Å². The van der Waals surface area contributed by atoms with E-state index in [1.165, 1.54) is 0 Å². The normalized spacial score (nSPS) is 14.2. The number of hydrogen-bond acceptors (Lipinski definition) is 12. The Morgan fingerprint density at radius 3 is 0.417 bits per heavy atom. The van der Waals surface area contributed by atoms with Crippen LogP contribution in [-0.4, -0.2) is 85.0 Å². The molecule has 1 aromatic carbocycles. The molecule has 0 aliphatic rings. The van der Waals surface area contributed by atoms with Crippen molar-refractivity contribution in [3.05, 3.63) is 0 Å². The Bertz CT molecular complexity index is 1340. The van der Waals surface area contributed by atoms with Crippen LogP contribution < -0.4 is 0 Å². The summed E-state index contributed by atoms with van der Waals surface area (Å²) in [5, 5.41) is 0. The highest BCUT2D eigenvalue weighted by atomic mass is 32.2. The van der Waals surface area contributed by atoms with Crippen LogP contribution in [0.1, 0.15) is 41.5 Å².